The van der Waals surface area contributed by atoms with Gasteiger partial charge in [0, 0.05) is 12.5 Å². The molecule has 0 aliphatic heterocycles. The maximum atomic E-state index is 11.5. The van der Waals surface area contributed by atoms with Crippen LogP contribution in [0.15, 0.2) is 16.9 Å². The van der Waals surface area contributed by atoms with Crippen LogP contribution in [0.4, 0.5) is 0 Å². The summed E-state index contributed by atoms with van der Waals surface area (Å²) in [4.78, 5) is 32.8. The highest BCUT2D eigenvalue weighted by Crippen LogP contribution is 2.00. The van der Waals surface area contributed by atoms with Crippen LogP contribution in [0.2, 0.25) is 0 Å². The molecule has 1 aromatic heterocycles. The molecule has 8 nitrogen and oxygen atoms in total. The minimum Gasteiger partial charge on any atom is -0.480 e. The maximum absolute atomic E-state index is 11.5. The summed E-state index contributed by atoms with van der Waals surface area (Å²) in [5, 5.41) is 14.4. The smallest absolute Gasteiger partial charge is 0.326 e. The molecular weight excluding hydrogens is 230 g/mol. The average Bonchev–Trinajstić information content (AvgIpc) is 2.76. The molecule has 0 aliphatic carbocycles. The summed E-state index contributed by atoms with van der Waals surface area (Å²) in [7, 11) is 0. The van der Waals surface area contributed by atoms with Crippen LogP contribution in [0.1, 0.15) is 23.3 Å². The van der Waals surface area contributed by atoms with E-state index in [0.717, 1.165) is 0 Å². The maximum Gasteiger partial charge on any atom is 0.326 e. The van der Waals surface area contributed by atoms with E-state index in [1.165, 1.54) is 12.3 Å². The molecule has 0 saturated carbocycles. The number of carbonyl (C=O) groups excluding carboxylic acids is 2. The van der Waals surface area contributed by atoms with Gasteiger partial charge in [-0.3, -0.25) is 9.59 Å². The summed E-state index contributed by atoms with van der Waals surface area (Å²) in [6, 6.07) is 0.106. The number of carbonyl (C=O) groups is 3. The van der Waals surface area contributed by atoms with Gasteiger partial charge in [-0.1, -0.05) is 5.16 Å². The second-order valence-corrected chi connectivity index (χ2v) is 3.25. The van der Waals surface area contributed by atoms with Gasteiger partial charge >= 0.3 is 5.97 Å². The van der Waals surface area contributed by atoms with Gasteiger partial charge in [0.25, 0.3) is 5.91 Å². The Kier molecular flexibility index (Phi) is 4.21. The van der Waals surface area contributed by atoms with Crippen LogP contribution >= 0.6 is 0 Å². The van der Waals surface area contributed by atoms with Crippen molar-refractivity contribution in [3.63, 3.8) is 0 Å². The van der Waals surface area contributed by atoms with E-state index in [9.17, 15) is 14.4 Å². The van der Waals surface area contributed by atoms with Gasteiger partial charge in [0.1, 0.15) is 12.3 Å². The van der Waals surface area contributed by atoms with E-state index in [4.69, 9.17) is 10.8 Å². The lowest BCUT2D eigenvalue weighted by Crippen LogP contribution is -2.41. The van der Waals surface area contributed by atoms with Crippen LogP contribution in [0, 0.1) is 0 Å². The topological polar surface area (TPSA) is 136 Å². The van der Waals surface area contributed by atoms with Crippen molar-refractivity contribution < 1.29 is 24.0 Å². The first-order valence-electron chi connectivity index (χ1n) is 4.73. The lowest BCUT2D eigenvalue weighted by molar-refractivity contribution is -0.139. The number of aliphatic carboxylic acids is 1. The molecule has 17 heavy (non-hydrogen) atoms. The fourth-order valence-corrected chi connectivity index (χ4v) is 1.11. The normalized spacial score (nSPS) is 11.8. The van der Waals surface area contributed by atoms with Gasteiger partial charge in [-0.05, 0) is 6.42 Å². The summed E-state index contributed by atoms with van der Waals surface area (Å²) >= 11 is 0. The van der Waals surface area contributed by atoms with Crippen LogP contribution in [-0.2, 0) is 9.59 Å². The molecule has 1 rings (SSSR count). The van der Waals surface area contributed by atoms with E-state index in [2.05, 4.69) is 15.0 Å². The first-order valence-corrected chi connectivity index (χ1v) is 4.73. The minimum absolute atomic E-state index is 0.0321. The number of nitrogens with two attached hydrogens (primary N) is 1. The standard InChI is InChI=1S/C9H11N3O5/c10-7(13)2-1-6(9(15)16)11-8(14)5-3-4-17-12-5/h3-4,6H,1-2H2,(H2,10,13)(H,11,14)(H,15,16)/t6-/m1/s1. The zero-order valence-corrected chi connectivity index (χ0v) is 8.75. The molecule has 0 aliphatic rings. The molecule has 1 atom stereocenters. The van der Waals surface area contributed by atoms with Crippen LogP contribution in [0.25, 0.3) is 0 Å². The predicted octanol–water partition coefficient (Wildman–Crippen LogP) is -0.877. The number of aromatic nitrogens is 1. The fraction of sp³-hybridized carbons (Fsp3) is 0.333. The third-order valence-electron chi connectivity index (χ3n) is 1.95. The minimum atomic E-state index is -1.25. The number of carboxylic acid groups (broad SMARTS) is 1. The van der Waals surface area contributed by atoms with Crippen molar-refractivity contribution in [3.05, 3.63) is 18.0 Å². The number of hydrogen-bond acceptors (Lipinski definition) is 5. The summed E-state index contributed by atoms with van der Waals surface area (Å²) in [5.74, 6) is -2.56. The number of rotatable bonds is 6. The van der Waals surface area contributed by atoms with Gasteiger partial charge in [0.15, 0.2) is 5.69 Å². The van der Waals surface area contributed by atoms with Gasteiger partial charge in [-0.15, -0.1) is 0 Å². The quantitative estimate of drug-likeness (QED) is 0.591. The highest BCUT2D eigenvalue weighted by atomic mass is 16.5. The number of carboxylic acids is 1. The average molecular weight is 241 g/mol. The summed E-state index contributed by atoms with van der Waals surface area (Å²) in [6.45, 7) is 0. The molecule has 4 N–H and O–H groups in total. The van der Waals surface area contributed by atoms with Crippen molar-refractivity contribution in [1.29, 1.82) is 0 Å². The summed E-state index contributed by atoms with van der Waals surface area (Å²) in [5.41, 5.74) is 4.86. The van der Waals surface area contributed by atoms with Crippen LogP contribution in [-0.4, -0.2) is 34.1 Å². The van der Waals surface area contributed by atoms with E-state index >= 15 is 0 Å². The Morgan fingerprint density at radius 1 is 1.53 bits per heavy atom. The molecule has 1 aromatic rings. The first kappa shape index (κ1) is 12.7. The Bertz CT molecular complexity index is 414. The Labute approximate surface area is 95.8 Å². The fourth-order valence-electron chi connectivity index (χ4n) is 1.11. The van der Waals surface area contributed by atoms with Crippen LogP contribution in [0.3, 0.4) is 0 Å². The number of hydrogen-bond donors (Lipinski definition) is 3. The van der Waals surface area contributed by atoms with Crippen molar-refractivity contribution in [1.82, 2.24) is 10.5 Å². The third kappa shape index (κ3) is 3.93. The van der Waals surface area contributed by atoms with E-state index in [-0.39, 0.29) is 18.5 Å². The first-order chi connectivity index (χ1) is 8.00. The molecule has 0 fully saturated rings. The second-order valence-electron chi connectivity index (χ2n) is 3.25. The molecule has 0 unspecified atom stereocenters. The number of nitrogens with one attached hydrogen (secondary N) is 1. The monoisotopic (exact) mass is 241 g/mol. The van der Waals surface area contributed by atoms with E-state index in [0.29, 0.717) is 0 Å². The van der Waals surface area contributed by atoms with Crippen LogP contribution in [0.5, 0.6) is 0 Å². The van der Waals surface area contributed by atoms with Gasteiger partial charge in [0.05, 0.1) is 0 Å². The van der Waals surface area contributed by atoms with Crippen molar-refractivity contribution in [2.45, 2.75) is 18.9 Å². The zero-order valence-electron chi connectivity index (χ0n) is 8.75. The highest BCUT2D eigenvalue weighted by molar-refractivity contribution is 5.94. The predicted molar refractivity (Wildman–Crippen MR) is 53.8 cm³/mol. The molecule has 8 heteroatoms. The molecule has 1 heterocycles. The molecule has 0 bridgehead atoms. The van der Waals surface area contributed by atoms with Gasteiger partial charge in [-0.2, -0.15) is 0 Å². The third-order valence-corrected chi connectivity index (χ3v) is 1.95. The largest absolute Gasteiger partial charge is 0.480 e. The van der Waals surface area contributed by atoms with Crippen molar-refractivity contribution >= 4 is 17.8 Å². The van der Waals surface area contributed by atoms with Gasteiger partial charge < -0.3 is 20.7 Å². The van der Waals surface area contributed by atoms with E-state index < -0.39 is 23.8 Å². The lowest BCUT2D eigenvalue weighted by Gasteiger charge is -2.12. The highest BCUT2D eigenvalue weighted by Gasteiger charge is 2.22. The van der Waals surface area contributed by atoms with E-state index in [1.807, 2.05) is 0 Å². The van der Waals surface area contributed by atoms with Crippen molar-refractivity contribution in [2.75, 3.05) is 0 Å². The summed E-state index contributed by atoms with van der Waals surface area (Å²) < 4.78 is 4.44. The Morgan fingerprint density at radius 2 is 2.24 bits per heavy atom. The molecule has 0 saturated heterocycles. The SMILES string of the molecule is NC(=O)CC[C@@H](NC(=O)c1ccon1)C(=O)O. The van der Waals surface area contributed by atoms with Crippen LogP contribution < -0.4 is 11.1 Å². The number of nitrogens with zero attached hydrogens (tertiary/aromatic N) is 1. The summed E-state index contributed by atoms with van der Waals surface area (Å²) in [6.07, 6.45) is 0.985. The number of amides is 2. The zero-order chi connectivity index (χ0) is 12.8. The molecule has 2 amide bonds. The Balaban J connectivity index is 2.58. The van der Waals surface area contributed by atoms with E-state index in [1.54, 1.807) is 0 Å². The molecule has 0 spiro atoms. The van der Waals surface area contributed by atoms with Gasteiger partial charge in [0.2, 0.25) is 5.91 Å². The van der Waals surface area contributed by atoms with Crippen molar-refractivity contribution in [2.24, 2.45) is 5.73 Å². The number of primary amides is 1. The van der Waals surface area contributed by atoms with Crippen molar-refractivity contribution in [3.8, 4) is 0 Å². The molecule has 92 valence electrons. The molecular formula is C9H11N3O5. The molecule has 0 aromatic carbocycles. The second kappa shape index (κ2) is 5.64. The lowest BCUT2D eigenvalue weighted by atomic mass is 10.1. The molecule has 0 radical (unpaired) electrons. The van der Waals surface area contributed by atoms with Gasteiger partial charge in [-0.25, -0.2) is 4.79 Å². The Morgan fingerprint density at radius 3 is 2.71 bits per heavy atom. The Hall–Kier alpha value is -2.38.